The SMILES string of the molecule is C=CCON1C(=O)N2CC(n3ccc(C(=O)NC4CCN(C(=O)OC(C)(C)C)CC4)n3)=CC1C2. The third-order valence-electron chi connectivity index (χ3n) is 5.83. The molecule has 1 atom stereocenters. The highest BCUT2D eigenvalue weighted by atomic mass is 16.7. The van der Waals surface area contributed by atoms with E-state index in [0.29, 0.717) is 44.7 Å². The van der Waals surface area contributed by atoms with E-state index in [2.05, 4.69) is 17.0 Å². The molecule has 1 N–H and O–H groups in total. The summed E-state index contributed by atoms with van der Waals surface area (Å²) in [5, 5.41) is 8.80. The lowest BCUT2D eigenvalue weighted by molar-refractivity contribution is -0.107. The van der Waals surface area contributed by atoms with Crippen LogP contribution >= 0.6 is 0 Å². The van der Waals surface area contributed by atoms with Crippen LogP contribution in [0.25, 0.3) is 5.70 Å². The van der Waals surface area contributed by atoms with Crippen LogP contribution in [0.15, 0.2) is 31.0 Å². The van der Waals surface area contributed by atoms with E-state index >= 15 is 0 Å². The summed E-state index contributed by atoms with van der Waals surface area (Å²) in [5.74, 6) is -0.263. The van der Waals surface area contributed by atoms with Gasteiger partial charge in [0.15, 0.2) is 5.69 Å². The highest BCUT2D eigenvalue weighted by Gasteiger charge is 2.41. The third-order valence-corrected chi connectivity index (χ3v) is 5.83. The van der Waals surface area contributed by atoms with Crippen LogP contribution in [0.1, 0.15) is 44.1 Å². The number of aromatic nitrogens is 2. The molecule has 11 heteroatoms. The smallest absolute Gasteiger partial charge is 0.410 e. The number of urea groups is 1. The van der Waals surface area contributed by atoms with Crippen molar-refractivity contribution in [1.82, 2.24) is 30.0 Å². The molecule has 3 aliphatic rings. The van der Waals surface area contributed by atoms with Crippen LogP contribution in [0.4, 0.5) is 9.59 Å². The Kier molecular flexibility index (Phi) is 6.65. The highest BCUT2D eigenvalue weighted by molar-refractivity contribution is 5.92. The molecule has 34 heavy (non-hydrogen) atoms. The van der Waals surface area contributed by atoms with Crippen molar-refractivity contribution in [1.29, 1.82) is 0 Å². The van der Waals surface area contributed by atoms with E-state index in [1.165, 1.54) is 5.06 Å². The first kappa shape index (κ1) is 23.8. The lowest BCUT2D eigenvalue weighted by Gasteiger charge is -2.33. The molecule has 4 amide bonds. The minimum atomic E-state index is -0.532. The molecule has 0 radical (unpaired) electrons. The topological polar surface area (TPSA) is 109 Å². The summed E-state index contributed by atoms with van der Waals surface area (Å²) < 4.78 is 7.05. The lowest BCUT2D eigenvalue weighted by atomic mass is 10.1. The quantitative estimate of drug-likeness (QED) is 0.635. The zero-order valence-corrected chi connectivity index (χ0v) is 19.9. The molecule has 4 heterocycles. The van der Waals surface area contributed by atoms with Crippen molar-refractivity contribution in [3.8, 4) is 0 Å². The van der Waals surface area contributed by atoms with Gasteiger partial charge in [0.05, 0.1) is 24.9 Å². The van der Waals surface area contributed by atoms with Crippen molar-refractivity contribution < 1.29 is 24.0 Å². The molecule has 2 saturated heterocycles. The van der Waals surface area contributed by atoms with Gasteiger partial charge in [0.2, 0.25) is 0 Å². The maximum Gasteiger partial charge on any atom is 0.410 e. The fourth-order valence-electron chi connectivity index (χ4n) is 4.21. The first-order chi connectivity index (χ1) is 16.1. The minimum absolute atomic E-state index is 0.0413. The summed E-state index contributed by atoms with van der Waals surface area (Å²) in [6.45, 7) is 11.4. The maximum atomic E-state index is 12.8. The number of hydroxylamine groups is 2. The zero-order valence-electron chi connectivity index (χ0n) is 19.9. The number of ether oxygens (including phenoxy) is 1. The van der Waals surface area contributed by atoms with Crippen LogP contribution < -0.4 is 5.32 Å². The summed E-state index contributed by atoms with van der Waals surface area (Å²) in [4.78, 5) is 46.3. The van der Waals surface area contributed by atoms with Crippen LogP contribution in [0, 0.1) is 0 Å². The number of rotatable bonds is 6. The summed E-state index contributed by atoms with van der Waals surface area (Å²) in [6.07, 6.45) is 6.22. The second-order valence-electron chi connectivity index (χ2n) is 9.66. The molecule has 2 fully saturated rings. The van der Waals surface area contributed by atoms with Gasteiger partial charge in [-0.15, -0.1) is 6.58 Å². The van der Waals surface area contributed by atoms with Crippen LogP contribution in [-0.4, -0.2) is 93.1 Å². The molecule has 1 unspecified atom stereocenters. The molecule has 0 saturated carbocycles. The second-order valence-corrected chi connectivity index (χ2v) is 9.66. The van der Waals surface area contributed by atoms with Crippen molar-refractivity contribution in [3.05, 3.63) is 36.7 Å². The number of carbonyl (C=O) groups excluding carboxylic acids is 3. The summed E-state index contributed by atoms with van der Waals surface area (Å²) in [5.41, 5.74) is 0.573. The van der Waals surface area contributed by atoms with E-state index < -0.39 is 5.60 Å². The normalized spacial score (nSPS) is 20.9. The fraction of sp³-hybridized carbons (Fsp3) is 0.565. The Balaban J connectivity index is 1.32. The fourth-order valence-corrected chi connectivity index (χ4v) is 4.21. The second kappa shape index (κ2) is 9.49. The number of fused-ring (bicyclic) bond motifs is 2. The average molecular weight is 473 g/mol. The molecule has 3 aliphatic heterocycles. The molecule has 1 aromatic heterocycles. The van der Waals surface area contributed by atoms with Crippen molar-refractivity contribution in [3.63, 3.8) is 0 Å². The van der Waals surface area contributed by atoms with E-state index in [-0.39, 0.29) is 36.7 Å². The van der Waals surface area contributed by atoms with Crippen molar-refractivity contribution in [2.24, 2.45) is 0 Å². The van der Waals surface area contributed by atoms with Crippen LogP contribution in [0.2, 0.25) is 0 Å². The molecule has 184 valence electrons. The molecule has 1 aromatic rings. The van der Waals surface area contributed by atoms with Gasteiger partial charge in [-0.2, -0.15) is 10.2 Å². The van der Waals surface area contributed by atoms with Gasteiger partial charge in [-0.25, -0.2) is 14.3 Å². The van der Waals surface area contributed by atoms with E-state index in [0.717, 1.165) is 5.70 Å². The summed E-state index contributed by atoms with van der Waals surface area (Å²) >= 11 is 0. The number of hydrogen-bond donors (Lipinski definition) is 1. The number of piperidine rings is 1. The molecule has 0 spiro atoms. The maximum absolute atomic E-state index is 12.8. The number of nitrogens with zero attached hydrogens (tertiary/aromatic N) is 5. The van der Waals surface area contributed by atoms with E-state index in [4.69, 9.17) is 9.57 Å². The monoisotopic (exact) mass is 472 g/mol. The standard InChI is InChI=1S/C23H32N6O5/c1-5-12-33-29-18-13-17(14-27(15-18)21(29)31)28-11-8-19(25-28)20(30)24-16-6-9-26(10-7-16)22(32)34-23(2,3)4/h5,8,11,13,16,18H,1,6-7,9-10,12,14-15H2,2-4H3,(H,24,30). The average Bonchev–Trinajstić information content (AvgIpc) is 3.36. The first-order valence-corrected chi connectivity index (χ1v) is 11.5. The van der Waals surface area contributed by atoms with Crippen molar-refractivity contribution in [2.75, 3.05) is 32.8 Å². The zero-order chi connectivity index (χ0) is 24.5. The predicted octanol–water partition coefficient (Wildman–Crippen LogP) is 2.09. The molecule has 2 bridgehead atoms. The molecule has 0 aromatic carbocycles. The minimum Gasteiger partial charge on any atom is -0.444 e. The van der Waals surface area contributed by atoms with Gasteiger partial charge in [-0.1, -0.05) is 6.08 Å². The van der Waals surface area contributed by atoms with Crippen LogP contribution in [0.3, 0.4) is 0 Å². The Morgan fingerprint density at radius 2 is 2.03 bits per heavy atom. The number of carbonyl (C=O) groups is 3. The van der Waals surface area contributed by atoms with Gasteiger partial charge in [0, 0.05) is 31.9 Å². The number of likely N-dealkylation sites (tertiary alicyclic amines) is 1. The van der Waals surface area contributed by atoms with E-state index in [1.54, 1.807) is 32.8 Å². The van der Waals surface area contributed by atoms with E-state index in [9.17, 15) is 14.4 Å². The Bertz CT molecular complexity index is 988. The largest absolute Gasteiger partial charge is 0.444 e. The van der Waals surface area contributed by atoms with Crippen LogP contribution in [0.5, 0.6) is 0 Å². The molecule has 4 rings (SSSR count). The van der Waals surface area contributed by atoms with Crippen LogP contribution in [-0.2, 0) is 9.57 Å². The van der Waals surface area contributed by atoms with Gasteiger partial charge < -0.3 is 19.9 Å². The molecular weight excluding hydrogens is 440 g/mol. The van der Waals surface area contributed by atoms with Gasteiger partial charge in [0.1, 0.15) is 5.60 Å². The highest BCUT2D eigenvalue weighted by Crippen LogP contribution is 2.26. The van der Waals surface area contributed by atoms with Gasteiger partial charge >= 0.3 is 12.1 Å². The Hall–Kier alpha value is -3.34. The number of amides is 4. The van der Waals surface area contributed by atoms with Gasteiger partial charge in [-0.05, 0) is 45.8 Å². The Labute approximate surface area is 198 Å². The summed E-state index contributed by atoms with van der Waals surface area (Å²) in [6, 6.07) is 1.21. The predicted molar refractivity (Wildman–Crippen MR) is 124 cm³/mol. The number of hydrogen-bond acceptors (Lipinski definition) is 6. The number of nitrogens with one attached hydrogen (secondary N) is 1. The molecule has 0 aliphatic carbocycles. The summed E-state index contributed by atoms with van der Waals surface area (Å²) in [7, 11) is 0. The third kappa shape index (κ3) is 5.24. The van der Waals surface area contributed by atoms with Crippen molar-refractivity contribution >= 4 is 23.7 Å². The first-order valence-electron chi connectivity index (χ1n) is 11.5. The Morgan fingerprint density at radius 3 is 2.71 bits per heavy atom. The van der Waals surface area contributed by atoms with Gasteiger partial charge in [0.25, 0.3) is 5.91 Å². The molecule has 11 nitrogen and oxygen atoms in total. The lowest BCUT2D eigenvalue weighted by Crippen LogP contribution is -2.47. The van der Waals surface area contributed by atoms with Gasteiger partial charge in [-0.3, -0.25) is 9.63 Å². The Morgan fingerprint density at radius 1 is 1.29 bits per heavy atom. The van der Waals surface area contributed by atoms with Crippen molar-refractivity contribution in [2.45, 2.75) is 51.3 Å². The molecular formula is C23H32N6O5. The van der Waals surface area contributed by atoms with E-state index in [1.807, 2.05) is 26.8 Å².